The first kappa shape index (κ1) is 14.3. The topological polar surface area (TPSA) is 54.3 Å². The molecule has 0 saturated carbocycles. The molecule has 1 heterocycles. The third-order valence-corrected chi connectivity index (χ3v) is 3.19. The van der Waals surface area contributed by atoms with E-state index < -0.39 is 0 Å². The zero-order valence-corrected chi connectivity index (χ0v) is 11.8. The van der Waals surface area contributed by atoms with Crippen LogP contribution >= 0.6 is 0 Å². The lowest BCUT2D eigenvalue weighted by molar-refractivity contribution is 0.0940. The number of amides is 1. The average Bonchev–Trinajstić information content (AvgIpc) is 2.94. The largest absolute Gasteiger partial charge is 0.392 e. The molecule has 2 rings (SSSR count). The van der Waals surface area contributed by atoms with E-state index in [2.05, 4.69) is 5.32 Å². The van der Waals surface area contributed by atoms with Crippen LogP contribution in [0.15, 0.2) is 42.6 Å². The van der Waals surface area contributed by atoms with Gasteiger partial charge in [-0.05, 0) is 37.1 Å². The molecule has 2 N–H and O–H groups in total. The summed E-state index contributed by atoms with van der Waals surface area (Å²) in [7, 11) is 0. The molecule has 1 amide bonds. The molecule has 2 aromatic rings. The number of nitrogens with one attached hydrogen (secondary N) is 1. The van der Waals surface area contributed by atoms with Gasteiger partial charge in [0.2, 0.25) is 0 Å². The third kappa shape index (κ3) is 3.27. The molecule has 0 bridgehead atoms. The zero-order valence-electron chi connectivity index (χ0n) is 11.8. The molecule has 0 unspecified atom stereocenters. The molecule has 0 aliphatic carbocycles. The first-order valence-electron chi connectivity index (χ1n) is 6.75. The van der Waals surface area contributed by atoms with Crippen molar-refractivity contribution in [2.24, 2.45) is 0 Å². The fraction of sp³-hybridized carbons (Fsp3) is 0.312. The summed E-state index contributed by atoms with van der Waals surface area (Å²) in [6.07, 6.45) is 1.91. The van der Waals surface area contributed by atoms with Gasteiger partial charge in [0, 0.05) is 18.8 Å². The van der Waals surface area contributed by atoms with E-state index in [4.69, 9.17) is 5.11 Å². The molecular weight excluding hydrogens is 252 g/mol. The zero-order chi connectivity index (χ0) is 14.5. The Morgan fingerprint density at radius 3 is 2.70 bits per heavy atom. The molecule has 0 aliphatic heterocycles. The van der Waals surface area contributed by atoms with E-state index in [0.29, 0.717) is 12.2 Å². The minimum absolute atomic E-state index is 0.0119. The van der Waals surface area contributed by atoms with Crippen LogP contribution in [0.5, 0.6) is 0 Å². The van der Waals surface area contributed by atoms with Crippen molar-refractivity contribution in [2.45, 2.75) is 33.0 Å². The molecule has 0 spiro atoms. The second-order valence-electron chi connectivity index (χ2n) is 5.06. The van der Waals surface area contributed by atoms with Crippen LogP contribution < -0.4 is 5.32 Å². The van der Waals surface area contributed by atoms with Gasteiger partial charge >= 0.3 is 0 Å². The first-order valence-corrected chi connectivity index (χ1v) is 6.75. The Balaban J connectivity index is 2.03. The maximum atomic E-state index is 12.2. The van der Waals surface area contributed by atoms with E-state index in [1.807, 2.05) is 61.0 Å². The molecule has 0 saturated heterocycles. The Bertz CT molecular complexity index is 588. The lowest BCUT2D eigenvalue weighted by atomic mass is 10.1. The van der Waals surface area contributed by atoms with Gasteiger partial charge in [-0.1, -0.05) is 24.3 Å². The van der Waals surface area contributed by atoms with Crippen molar-refractivity contribution < 1.29 is 9.90 Å². The number of benzene rings is 1. The quantitative estimate of drug-likeness (QED) is 0.878. The summed E-state index contributed by atoms with van der Waals surface area (Å²) in [5, 5.41) is 12.0. The van der Waals surface area contributed by atoms with Gasteiger partial charge in [-0.15, -0.1) is 0 Å². The van der Waals surface area contributed by atoms with Gasteiger partial charge < -0.3 is 15.0 Å². The summed E-state index contributed by atoms with van der Waals surface area (Å²) in [5.74, 6) is -0.0851. The van der Waals surface area contributed by atoms with Crippen LogP contribution in [0.25, 0.3) is 0 Å². The summed E-state index contributed by atoms with van der Waals surface area (Å²) in [6.45, 7) is 4.55. The number of hydrogen-bond acceptors (Lipinski definition) is 2. The Hall–Kier alpha value is -2.07. The molecule has 0 fully saturated rings. The Morgan fingerprint density at radius 2 is 2.00 bits per heavy atom. The van der Waals surface area contributed by atoms with Crippen molar-refractivity contribution in [3.8, 4) is 0 Å². The SMILES string of the molecule is CC(C)n1cccc1C(=O)NCc1cccc(CO)c1. The summed E-state index contributed by atoms with van der Waals surface area (Å²) in [4.78, 5) is 12.2. The van der Waals surface area contributed by atoms with E-state index in [-0.39, 0.29) is 18.6 Å². The third-order valence-electron chi connectivity index (χ3n) is 3.19. The van der Waals surface area contributed by atoms with Crippen molar-refractivity contribution in [1.29, 1.82) is 0 Å². The van der Waals surface area contributed by atoms with Crippen LogP contribution in [0.2, 0.25) is 0 Å². The highest BCUT2D eigenvalue weighted by Crippen LogP contribution is 2.11. The van der Waals surface area contributed by atoms with Gasteiger partial charge in [0.15, 0.2) is 0 Å². The van der Waals surface area contributed by atoms with E-state index in [0.717, 1.165) is 11.1 Å². The van der Waals surface area contributed by atoms with E-state index in [9.17, 15) is 4.79 Å². The molecule has 1 aromatic heterocycles. The minimum atomic E-state index is -0.0851. The smallest absolute Gasteiger partial charge is 0.268 e. The van der Waals surface area contributed by atoms with Crippen LogP contribution in [0.4, 0.5) is 0 Å². The first-order chi connectivity index (χ1) is 9.61. The molecule has 4 nitrogen and oxygen atoms in total. The molecule has 0 radical (unpaired) electrons. The van der Waals surface area contributed by atoms with Crippen LogP contribution in [0.3, 0.4) is 0 Å². The van der Waals surface area contributed by atoms with Crippen molar-refractivity contribution in [2.75, 3.05) is 0 Å². The predicted octanol–water partition coefficient (Wildman–Crippen LogP) is 2.49. The normalized spacial score (nSPS) is 10.8. The number of rotatable bonds is 5. The number of aromatic nitrogens is 1. The van der Waals surface area contributed by atoms with Gasteiger partial charge in [0.25, 0.3) is 5.91 Å². The molecule has 106 valence electrons. The molecule has 1 aromatic carbocycles. The Morgan fingerprint density at radius 1 is 1.25 bits per heavy atom. The maximum Gasteiger partial charge on any atom is 0.268 e. The van der Waals surface area contributed by atoms with E-state index >= 15 is 0 Å². The molecule has 20 heavy (non-hydrogen) atoms. The monoisotopic (exact) mass is 272 g/mol. The van der Waals surface area contributed by atoms with Gasteiger partial charge in [-0.25, -0.2) is 0 Å². The van der Waals surface area contributed by atoms with Gasteiger partial charge in [0.05, 0.1) is 6.61 Å². The number of nitrogens with zero attached hydrogens (tertiary/aromatic N) is 1. The van der Waals surface area contributed by atoms with Gasteiger partial charge in [0.1, 0.15) is 5.69 Å². The fourth-order valence-electron chi connectivity index (χ4n) is 2.15. The number of aliphatic hydroxyl groups is 1. The lowest BCUT2D eigenvalue weighted by Crippen LogP contribution is -2.25. The van der Waals surface area contributed by atoms with Crippen molar-refractivity contribution in [3.05, 3.63) is 59.4 Å². The highest BCUT2D eigenvalue weighted by molar-refractivity contribution is 5.92. The molecular formula is C16H20N2O2. The van der Waals surface area contributed by atoms with Crippen LogP contribution in [-0.4, -0.2) is 15.6 Å². The molecule has 0 atom stereocenters. The minimum Gasteiger partial charge on any atom is -0.392 e. The van der Waals surface area contributed by atoms with E-state index in [1.54, 1.807) is 0 Å². The average molecular weight is 272 g/mol. The van der Waals surface area contributed by atoms with Crippen LogP contribution in [0, 0.1) is 0 Å². The second-order valence-corrected chi connectivity index (χ2v) is 5.06. The van der Waals surface area contributed by atoms with Gasteiger partial charge in [-0.2, -0.15) is 0 Å². The molecule has 0 aliphatic rings. The Kier molecular flexibility index (Phi) is 4.58. The highest BCUT2D eigenvalue weighted by atomic mass is 16.3. The Labute approximate surface area is 119 Å². The summed E-state index contributed by atoms with van der Waals surface area (Å²) >= 11 is 0. The molecule has 4 heteroatoms. The van der Waals surface area contributed by atoms with Crippen molar-refractivity contribution >= 4 is 5.91 Å². The number of hydrogen-bond donors (Lipinski definition) is 2. The van der Waals surface area contributed by atoms with E-state index in [1.165, 1.54) is 0 Å². The maximum absolute atomic E-state index is 12.2. The van der Waals surface area contributed by atoms with Crippen LogP contribution in [0.1, 0.15) is 41.5 Å². The number of aliphatic hydroxyl groups excluding tert-OH is 1. The predicted molar refractivity (Wildman–Crippen MR) is 78.4 cm³/mol. The van der Waals surface area contributed by atoms with Gasteiger partial charge in [-0.3, -0.25) is 4.79 Å². The lowest BCUT2D eigenvalue weighted by Gasteiger charge is -2.13. The highest BCUT2D eigenvalue weighted by Gasteiger charge is 2.12. The standard InChI is InChI=1S/C16H20N2O2/c1-12(2)18-8-4-7-15(18)16(20)17-10-13-5-3-6-14(9-13)11-19/h3-9,12,19H,10-11H2,1-2H3,(H,17,20). The summed E-state index contributed by atoms with van der Waals surface area (Å²) in [5.41, 5.74) is 2.49. The summed E-state index contributed by atoms with van der Waals surface area (Å²) in [6, 6.07) is 11.5. The number of carbonyl (C=O) groups is 1. The van der Waals surface area contributed by atoms with Crippen molar-refractivity contribution in [3.63, 3.8) is 0 Å². The second kappa shape index (κ2) is 6.39. The van der Waals surface area contributed by atoms with Crippen LogP contribution in [-0.2, 0) is 13.2 Å². The fourth-order valence-corrected chi connectivity index (χ4v) is 2.15. The van der Waals surface area contributed by atoms with Crippen molar-refractivity contribution in [1.82, 2.24) is 9.88 Å². The summed E-state index contributed by atoms with van der Waals surface area (Å²) < 4.78 is 1.94. The number of carbonyl (C=O) groups excluding carboxylic acids is 1.